The average Bonchev–Trinajstić information content (AvgIpc) is 3.26. The van der Waals surface area contributed by atoms with E-state index in [4.69, 9.17) is 23.2 Å². The smallest absolute Gasteiger partial charge is 0.260 e. The maximum Gasteiger partial charge on any atom is 0.260 e. The summed E-state index contributed by atoms with van der Waals surface area (Å²) in [6.45, 7) is 3.97. The highest BCUT2D eigenvalue weighted by atomic mass is 79.9. The van der Waals surface area contributed by atoms with Crippen molar-refractivity contribution in [1.29, 1.82) is 0 Å². The van der Waals surface area contributed by atoms with Gasteiger partial charge in [0.1, 0.15) is 5.54 Å². The number of benzene rings is 2. The van der Waals surface area contributed by atoms with Crippen LogP contribution < -0.4 is 4.90 Å². The highest BCUT2D eigenvalue weighted by Gasteiger charge is 2.52. The second-order valence-corrected chi connectivity index (χ2v) is 13.3. The van der Waals surface area contributed by atoms with Gasteiger partial charge >= 0.3 is 0 Å². The van der Waals surface area contributed by atoms with Gasteiger partial charge in [-0.3, -0.25) is 9.36 Å². The minimum absolute atomic E-state index is 0.00404. The predicted octanol–water partition coefficient (Wildman–Crippen LogP) is 4.91. The normalized spacial score (nSPS) is 21.3. The maximum absolute atomic E-state index is 14.1. The van der Waals surface area contributed by atoms with Crippen LogP contribution in [0.15, 0.2) is 58.2 Å². The number of likely N-dealkylation sites (N-methyl/N-ethyl adjacent to an activating group) is 1. The zero-order valence-corrected chi connectivity index (χ0v) is 24.3. The Bertz CT molecular complexity index is 1440. The van der Waals surface area contributed by atoms with Gasteiger partial charge in [0.2, 0.25) is 5.95 Å². The lowest BCUT2D eigenvalue weighted by molar-refractivity contribution is -0.124. The molecule has 3 aromatic rings. The first kappa shape index (κ1) is 26.6. The minimum Gasteiger partial charge on any atom is -0.305 e. The Kier molecular flexibility index (Phi) is 7.19. The van der Waals surface area contributed by atoms with Gasteiger partial charge in [0, 0.05) is 40.6 Å². The first-order valence-electron chi connectivity index (χ1n) is 11.8. The van der Waals surface area contributed by atoms with Gasteiger partial charge in [-0.05, 0) is 62.8 Å². The Balaban J connectivity index is 1.66. The second kappa shape index (κ2) is 9.98. The largest absolute Gasteiger partial charge is 0.305 e. The SMILES string of the molecule is CN1CCCN(S(=O)(=O)c2cnc3n2C(C)(Cc2ccc(Br)cc2)C(=O)N3c2cc(Cl)cc(Cl)c2)CC1. The van der Waals surface area contributed by atoms with E-state index in [9.17, 15) is 13.2 Å². The molecule has 0 spiro atoms. The fraction of sp³-hybridized carbons (Fsp3) is 0.360. The zero-order valence-electron chi connectivity index (χ0n) is 20.4. The molecule has 0 saturated carbocycles. The quantitative estimate of drug-likeness (QED) is 0.402. The van der Waals surface area contributed by atoms with Gasteiger partial charge in [0.05, 0.1) is 11.9 Å². The summed E-state index contributed by atoms with van der Waals surface area (Å²) in [7, 11) is -1.96. The first-order valence-corrected chi connectivity index (χ1v) is 14.8. The Hall–Kier alpha value is -1.95. The van der Waals surface area contributed by atoms with E-state index in [0.29, 0.717) is 35.4 Å². The van der Waals surface area contributed by atoms with Crippen LogP contribution in [-0.4, -0.2) is 66.3 Å². The van der Waals surface area contributed by atoms with E-state index < -0.39 is 15.6 Å². The van der Waals surface area contributed by atoms with E-state index in [0.717, 1.165) is 23.0 Å². The molecule has 0 radical (unpaired) electrons. The molecule has 0 bridgehead atoms. The lowest BCUT2D eigenvalue weighted by Gasteiger charge is -2.28. The summed E-state index contributed by atoms with van der Waals surface area (Å²) in [5.74, 6) is -0.0997. The predicted molar refractivity (Wildman–Crippen MR) is 148 cm³/mol. The molecular weight excluding hydrogens is 601 g/mol. The Morgan fingerprint density at radius 2 is 1.70 bits per heavy atom. The molecule has 1 atom stereocenters. The number of nitrogens with zero attached hydrogens (tertiary/aromatic N) is 5. The van der Waals surface area contributed by atoms with E-state index in [1.807, 2.05) is 31.3 Å². The molecule has 1 aromatic heterocycles. The van der Waals surface area contributed by atoms with Gasteiger partial charge in [-0.1, -0.05) is 51.3 Å². The van der Waals surface area contributed by atoms with Crippen molar-refractivity contribution in [2.45, 2.75) is 30.3 Å². The van der Waals surface area contributed by atoms with Crippen LogP contribution >= 0.6 is 39.1 Å². The number of hydrogen-bond acceptors (Lipinski definition) is 5. The molecule has 0 N–H and O–H groups in total. The number of halogens is 3. The molecule has 2 aromatic carbocycles. The molecule has 2 aliphatic heterocycles. The van der Waals surface area contributed by atoms with Crippen LogP contribution in [0.25, 0.3) is 0 Å². The van der Waals surface area contributed by atoms with Crippen LogP contribution in [0.2, 0.25) is 10.0 Å². The fourth-order valence-corrected chi connectivity index (χ4v) is 7.44. The average molecular weight is 627 g/mol. The van der Waals surface area contributed by atoms with Crippen molar-refractivity contribution in [1.82, 2.24) is 18.8 Å². The molecule has 1 saturated heterocycles. The molecule has 3 heterocycles. The summed E-state index contributed by atoms with van der Waals surface area (Å²) in [6.07, 6.45) is 2.34. The van der Waals surface area contributed by atoms with Crippen molar-refractivity contribution in [2.24, 2.45) is 0 Å². The summed E-state index contributed by atoms with van der Waals surface area (Å²) < 4.78 is 31.9. The van der Waals surface area contributed by atoms with Crippen molar-refractivity contribution >= 4 is 66.7 Å². The fourth-order valence-electron chi connectivity index (χ4n) is 5.01. The summed E-state index contributed by atoms with van der Waals surface area (Å²) in [4.78, 5) is 22.1. The standard InChI is InChI=1S/C25H26BrCl2N5O3S/c1-25(15-17-4-6-18(26)7-5-17)23(34)32(21-13-19(27)12-20(28)14-21)24-29-16-22(33(24)25)37(35,36)31-9-3-8-30(2)10-11-31/h4-7,12-14,16H,3,8-11,15H2,1-2H3. The molecule has 0 aliphatic carbocycles. The third-order valence-electron chi connectivity index (χ3n) is 6.92. The summed E-state index contributed by atoms with van der Waals surface area (Å²) in [5, 5.41) is 0.712. The second-order valence-electron chi connectivity index (χ2n) is 9.64. The molecule has 8 nitrogen and oxygen atoms in total. The van der Waals surface area contributed by atoms with Gasteiger partial charge in [-0.25, -0.2) is 18.3 Å². The first-order chi connectivity index (χ1) is 17.5. The lowest BCUT2D eigenvalue weighted by atomic mass is 9.92. The number of rotatable bonds is 5. The van der Waals surface area contributed by atoms with E-state index in [2.05, 4.69) is 25.8 Å². The van der Waals surface area contributed by atoms with Gasteiger partial charge < -0.3 is 4.90 Å². The lowest BCUT2D eigenvalue weighted by Crippen LogP contribution is -2.43. The molecule has 196 valence electrons. The monoisotopic (exact) mass is 625 g/mol. The van der Waals surface area contributed by atoms with Crippen molar-refractivity contribution < 1.29 is 13.2 Å². The Morgan fingerprint density at radius 1 is 1.03 bits per heavy atom. The number of sulfonamides is 1. The van der Waals surface area contributed by atoms with E-state index in [-0.39, 0.29) is 23.3 Å². The molecule has 1 amide bonds. The Morgan fingerprint density at radius 3 is 2.38 bits per heavy atom. The molecule has 5 rings (SSSR count). The van der Waals surface area contributed by atoms with Crippen LogP contribution in [0, 0.1) is 0 Å². The number of hydrogen-bond donors (Lipinski definition) is 0. The molecule has 1 unspecified atom stereocenters. The number of carbonyl (C=O) groups is 1. The van der Waals surface area contributed by atoms with Gasteiger partial charge in [0.15, 0.2) is 5.03 Å². The number of amides is 1. The number of anilines is 2. The van der Waals surface area contributed by atoms with Gasteiger partial charge in [-0.15, -0.1) is 0 Å². The number of imidazole rings is 1. The van der Waals surface area contributed by atoms with Crippen LogP contribution in [-0.2, 0) is 26.8 Å². The molecule has 12 heteroatoms. The summed E-state index contributed by atoms with van der Waals surface area (Å²) >= 11 is 16.0. The highest BCUT2D eigenvalue weighted by Crippen LogP contribution is 2.44. The van der Waals surface area contributed by atoms with Crippen molar-refractivity contribution in [2.75, 3.05) is 38.1 Å². The van der Waals surface area contributed by atoms with E-state index >= 15 is 0 Å². The third kappa shape index (κ3) is 4.84. The topological polar surface area (TPSA) is 78.8 Å². The number of carbonyl (C=O) groups excluding carboxylic acids is 1. The minimum atomic E-state index is -3.94. The summed E-state index contributed by atoms with van der Waals surface area (Å²) in [5.41, 5.74) is 0.0399. The highest BCUT2D eigenvalue weighted by molar-refractivity contribution is 9.10. The van der Waals surface area contributed by atoms with Crippen LogP contribution in [0.4, 0.5) is 11.6 Å². The van der Waals surface area contributed by atoms with Crippen molar-refractivity contribution in [3.05, 3.63) is 68.7 Å². The van der Waals surface area contributed by atoms with Crippen molar-refractivity contribution in [3.63, 3.8) is 0 Å². The number of aromatic nitrogens is 2. The molecule has 2 aliphatic rings. The van der Waals surface area contributed by atoms with E-state index in [1.165, 1.54) is 15.4 Å². The summed E-state index contributed by atoms with van der Waals surface area (Å²) in [6, 6.07) is 12.4. The third-order valence-corrected chi connectivity index (χ3v) is 9.74. The van der Waals surface area contributed by atoms with Gasteiger partial charge in [0.25, 0.3) is 15.9 Å². The molecule has 1 fully saturated rings. The van der Waals surface area contributed by atoms with Crippen LogP contribution in [0.1, 0.15) is 18.9 Å². The van der Waals surface area contributed by atoms with Crippen LogP contribution in [0.3, 0.4) is 0 Å². The van der Waals surface area contributed by atoms with Crippen molar-refractivity contribution in [3.8, 4) is 0 Å². The Labute approximate surface area is 234 Å². The van der Waals surface area contributed by atoms with Gasteiger partial charge in [-0.2, -0.15) is 4.31 Å². The maximum atomic E-state index is 14.1. The number of fused-ring (bicyclic) bond motifs is 1. The molecular formula is C25H26BrCl2N5O3S. The molecule has 37 heavy (non-hydrogen) atoms. The van der Waals surface area contributed by atoms with E-state index in [1.54, 1.807) is 29.7 Å². The van der Waals surface area contributed by atoms with Crippen LogP contribution in [0.5, 0.6) is 0 Å². The zero-order chi connectivity index (χ0) is 26.5.